The van der Waals surface area contributed by atoms with Crippen molar-refractivity contribution in [2.75, 3.05) is 0 Å². The molecule has 3 N–H and O–H groups in total. The molecule has 3 aliphatic carbocycles. The van der Waals surface area contributed by atoms with Crippen LogP contribution in [0.5, 0.6) is 0 Å². The highest BCUT2D eigenvalue weighted by atomic mass is 16.3. The molecule has 0 aliphatic heterocycles. The molecule has 0 heterocycles. The van der Waals surface area contributed by atoms with E-state index in [1.807, 2.05) is 13.8 Å². The minimum Gasteiger partial charge on any atom is -0.390 e. The van der Waals surface area contributed by atoms with Gasteiger partial charge in [0.15, 0.2) is 0 Å². The van der Waals surface area contributed by atoms with Crippen LogP contribution in [-0.4, -0.2) is 33.1 Å². The molecule has 3 aliphatic rings. The Kier molecular flexibility index (Phi) is 7.34. The highest BCUT2D eigenvalue weighted by Crippen LogP contribution is 2.59. The molecule has 6 atom stereocenters. The van der Waals surface area contributed by atoms with Crippen LogP contribution < -0.4 is 0 Å². The van der Waals surface area contributed by atoms with E-state index in [2.05, 4.69) is 26.0 Å². The second-order valence-electron chi connectivity index (χ2n) is 11.2. The zero-order valence-electron chi connectivity index (χ0n) is 19.2. The van der Waals surface area contributed by atoms with Crippen LogP contribution in [0, 0.1) is 23.2 Å². The molecule has 0 aromatic rings. The van der Waals surface area contributed by atoms with Crippen molar-refractivity contribution >= 4 is 0 Å². The zero-order chi connectivity index (χ0) is 21.2. The Labute approximate surface area is 178 Å². The average molecular weight is 405 g/mol. The molecule has 0 bridgehead atoms. The molecule has 3 rings (SSSR count). The van der Waals surface area contributed by atoms with Crippen molar-refractivity contribution in [3.63, 3.8) is 0 Å². The third-order valence-electron chi connectivity index (χ3n) is 8.38. The lowest BCUT2D eigenvalue weighted by Gasteiger charge is -2.44. The molecule has 3 heteroatoms. The number of aliphatic hydroxyl groups is 3. The van der Waals surface area contributed by atoms with Crippen molar-refractivity contribution in [1.82, 2.24) is 0 Å². The molecule has 0 unspecified atom stereocenters. The standard InChI is InChI=1S/C26H44O3/c1-18(7-5-15-25(2,3)29)21-12-13-22-20(8-6-16-26(21,22)4)11-9-19-10-14-23(27)24(28)17-19/h9,11,18,21-24,27-29H,5-8,10,12-17H2,1-4H3/b19-9-,20-11+/t18-,21-,22+,23-,24-,26-/m1/s1. The molecule has 0 radical (unpaired) electrons. The Bertz CT molecular complexity index is 614. The van der Waals surface area contributed by atoms with Crippen LogP contribution in [0.25, 0.3) is 0 Å². The topological polar surface area (TPSA) is 60.7 Å². The maximum absolute atomic E-state index is 10.0. The Hall–Kier alpha value is -0.640. The highest BCUT2D eigenvalue weighted by Gasteiger charge is 2.50. The molecule has 0 aromatic carbocycles. The van der Waals surface area contributed by atoms with Crippen molar-refractivity contribution in [2.24, 2.45) is 23.2 Å². The maximum atomic E-state index is 10.0. The van der Waals surface area contributed by atoms with E-state index >= 15 is 0 Å². The van der Waals surface area contributed by atoms with E-state index in [1.54, 1.807) is 5.57 Å². The van der Waals surface area contributed by atoms with E-state index in [9.17, 15) is 15.3 Å². The van der Waals surface area contributed by atoms with Gasteiger partial charge in [0.25, 0.3) is 0 Å². The highest BCUT2D eigenvalue weighted by molar-refractivity contribution is 5.26. The van der Waals surface area contributed by atoms with Gasteiger partial charge < -0.3 is 15.3 Å². The molecule has 0 aromatic heterocycles. The Morgan fingerprint density at radius 2 is 1.86 bits per heavy atom. The van der Waals surface area contributed by atoms with Gasteiger partial charge in [0.1, 0.15) is 0 Å². The van der Waals surface area contributed by atoms with Crippen LogP contribution in [0.2, 0.25) is 0 Å². The molecule has 0 spiro atoms. The molecule has 0 saturated heterocycles. The van der Waals surface area contributed by atoms with Crippen LogP contribution in [0.4, 0.5) is 0 Å². The van der Waals surface area contributed by atoms with Crippen LogP contribution in [0.1, 0.15) is 98.3 Å². The summed E-state index contributed by atoms with van der Waals surface area (Å²) in [6.07, 6.45) is 15.4. The van der Waals surface area contributed by atoms with E-state index in [0.29, 0.717) is 24.2 Å². The molecule has 3 saturated carbocycles. The average Bonchev–Trinajstić information content (AvgIpc) is 2.99. The van der Waals surface area contributed by atoms with Crippen molar-refractivity contribution in [1.29, 1.82) is 0 Å². The third-order valence-corrected chi connectivity index (χ3v) is 8.38. The first-order chi connectivity index (χ1) is 13.6. The lowest BCUT2D eigenvalue weighted by molar-refractivity contribution is 0.00411. The number of hydrogen-bond donors (Lipinski definition) is 3. The number of rotatable bonds is 6. The van der Waals surface area contributed by atoms with Gasteiger partial charge in [-0.1, -0.05) is 50.0 Å². The minimum atomic E-state index is -0.592. The first-order valence-corrected chi connectivity index (χ1v) is 12.1. The summed E-state index contributed by atoms with van der Waals surface area (Å²) in [4.78, 5) is 0. The Morgan fingerprint density at radius 3 is 2.55 bits per heavy atom. The predicted octanol–water partition coefficient (Wildman–Crippen LogP) is 5.54. The van der Waals surface area contributed by atoms with Crippen molar-refractivity contribution in [3.05, 3.63) is 23.3 Å². The van der Waals surface area contributed by atoms with Crippen LogP contribution in [0.15, 0.2) is 23.3 Å². The zero-order valence-corrected chi connectivity index (χ0v) is 19.2. The van der Waals surface area contributed by atoms with Crippen molar-refractivity contribution in [2.45, 2.75) is 116 Å². The molecule has 29 heavy (non-hydrogen) atoms. The number of allylic oxidation sites excluding steroid dienone is 3. The minimum absolute atomic E-state index is 0.416. The van der Waals surface area contributed by atoms with Gasteiger partial charge in [0, 0.05) is 0 Å². The van der Waals surface area contributed by atoms with Crippen LogP contribution >= 0.6 is 0 Å². The summed E-state index contributed by atoms with van der Waals surface area (Å²) in [5.74, 6) is 2.21. The SMILES string of the molecule is C[C@H](CCCC(C)(C)O)[C@H]1CC[C@H]2/C(=C/C=C3/CC[C@@H](O)[C@H](O)C3)CCC[C@]12C. The molecule has 0 amide bonds. The first-order valence-electron chi connectivity index (χ1n) is 12.1. The molecule has 3 fully saturated rings. The van der Waals surface area contributed by atoms with Crippen molar-refractivity contribution in [3.8, 4) is 0 Å². The number of aliphatic hydroxyl groups excluding tert-OH is 2. The van der Waals surface area contributed by atoms with Gasteiger partial charge in [-0.2, -0.15) is 0 Å². The second kappa shape index (κ2) is 9.24. The van der Waals surface area contributed by atoms with Gasteiger partial charge in [-0.05, 0) is 94.8 Å². The Morgan fingerprint density at radius 1 is 1.10 bits per heavy atom. The predicted molar refractivity (Wildman–Crippen MR) is 120 cm³/mol. The fraction of sp³-hybridized carbons (Fsp3) is 0.846. The summed E-state index contributed by atoms with van der Waals surface area (Å²) in [6, 6.07) is 0. The van der Waals surface area contributed by atoms with Crippen LogP contribution in [-0.2, 0) is 0 Å². The van der Waals surface area contributed by atoms with Gasteiger partial charge in [-0.3, -0.25) is 0 Å². The number of hydrogen-bond acceptors (Lipinski definition) is 3. The summed E-state index contributed by atoms with van der Waals surface area (Å²) in [5.41, 5.74) is 2.79. The Balaban J connectivity index is 1.65. The fourth-order valence-electron chi connectivity index (χ4n) is 6.68. The smallest absolute Gasteiger partial charge is 0.0836 e. The summed E-state index contributed by atoms with van der Waals surface area (Å²) in [6.45, 7) is 8.83. The fourth-order valence-corrected chi connectivity index (χ4v) is 6.68. The van der Waals surface area contributed by atoms with Gasteiger partial charge in [-0.15, -0.1) is 0 Å². The van der Waals surface area contributed by atoms with Gasteiger partial charge in [-0.25, -0.2) is 0 Å². The quantitative estimate of drug-likeness (QED) is 0.545. The summed E-state index contributed by atoms with van der Waals surface area (Å²) in [7, 11) is 0. The third kappa shape index (κ3) is 5.54. The monoisotopic (exact) mass is 404 g/mol. The van der Waals surface area contributed by atoms with Crippen LogP contribution in [0.3, 0.4) is 0 Å². The summed E-state index contributed by atoms with van der Waals surface area (Å²) >= 11 is 0. The van der Waals surface area contributed by atoms with E-state index in [4.69, 9.17) is 0 Å². The summed E-state index contributed by atoms with van der Waals surface area (Å²) < 4.78 is 0. The van der Waals surface area contributed by atoms with E-state index in [-0.39, 0.29) is 0 Å². The lowest BCUT2D eigenvalue weighted by Crippen LogP contribution is -2.36. The summed E-state index contributed by atoms with van der Waals surface area (Å²) in [5, 5.41) is 29.7. The van der Waals surface area contributed by atoms with Gasteiger partial charge >= 0.3 is 0 Å². The molecular weight excluding hydrogens is 360 g/mol. The first kappa shape index (κ1) is 23.0. The van der Waals surface area contributed by atoms with E-state index in [0.717, 1.165) is 31.1 Å². The maximum Gasteiger partial charge on any atom is 0.0836 e. The van der Waals surface area contributed by atoms with Crippen molar-refractivity contribution < 1.29 is 15.3 Å². The molecule has 3 nitrogen and oxygen atoms in total. The van der Waals surface area contributed by atoms with E-state index < -0.39 is 17.8 Å². The lowest BCUT2D eigenvalue weighted by atomic mass is 9.60. The molecular formula is C26H44O3. The van der Waals surface area contributed by atoms with E-state index in [1.165, 1.54) is 44.1 Å². The normalized spacial score (nSPS) is 39.7. The van der Waals surface area contributed by atoms with Gasteiger partial charge in [0.05, 0.1) is 17.8 Å². The largest absolute Gasteiger partial charge is 0.390 e. The second-order valence-corrected chi connectivity index (χ2v) is 11.2. The van der Waals surface area contributed by atoms with Gasteiger partial charge in [0.2, 0.25) is 0 Å². The molecule has 166 valence electrons. The number of fused-ring (bicyclic) bond motifs is 1.